The average molecular weight is 220 g/mol. The van der Waals surface area contributed by atoms with Gasteiger partial charge in [0.25, 0.3) is 0 Å². The molecule has 0 aliphatic carbocycles. The standard InChI is InChI=1S/C13H20N2O/c14-9-11-4-5-13(16)12(8-11)10-15-6-2-1-3-7-15/h4-5,8,16H,1-3,6-7,9-10,14H2. The minimum absolute atomic E-state index is 0.391. The second-order valence-corrected chi connectivity index (χ2v) is 4.50. The number of phenolic OH excluding ortho intramolecular Hbond substituents is 1. The molecule has 1 saturated heterocycles. The molecule has 3 nitrogen and oxygen atoms in total. The lowest BCUT2D eigenvalue weighted by atomic mass is 10.1. The maximum atomic E-state index is 9.79. The summed E-state index contributed by atoms with van der Waals surface area (Å²) in [4.78, 5) is 2.40. The van der Waals surface area contributed by atoms with Crippen LogP contribution in [0.5, 0.6) is 5.75 Å². The predicted octanol–water partition coefficient (Wildman–Crippen LogP) is 1.84. The van der Waals surface area contributed by atoms with E-state index in [-0.39, 0.29) is 0 Å². The molecule has 16 heavy (non-hydrogen) atoms. The van der Waals surface area contributed by atoms with E-state index in [0.29, 0.717) is 12.3 Å². The van der Waals surface area contributed by atoms with Crippen molar-refractivity contribution in [3.63, 3.8) is 0 Å². The van der Waals surface area contributed by atoms with Crippen LogP contribution in [-0.4, -0.2) is 23.1 Å². The molecular weight excluding hydrogens is 200 g/mol. The van der Waals surface area contributed by atoms with Gasteiger partial charge in [-0.1, -0.05) is 12.5 Å². The van der Waals surface area contributed by atoms with Crippen molar-refractivity contribution in [2.75, 3.05) is 13.1 Å². The Balaban J connectivity index is 2.06. The van der Waals surface area contributed by atoms with E-state index in [1.165, 1.54) is 19.3 Å². The van der Waals surface area contributed by atoms with Gasteiger partial charge in [0.2, 0.25) is 0 Å². The van der Waals surface area contributed by atoms with E-state index < -0.39 is 0 Å². The molecule has 0 amide bonds. The van der Waals surface area contributed by atoms with Crippen LogP contribution in [0.2, 0.25) is 0 Å². The van der Waals surface area contributed by atoms with Crippen LogP contribution in [0.25, 0.3) is 0 Å². The molecule has 1 aliphatic rings. The highest BCUT2D eigenvalue weighted by atomic mass is 16.3. The third-order valence-corrected chi connectivity index (χ3v) is 3.22. The van der Waals surface area contributed by atoms with E-state index in [4.69, 9.17) is 5.73 Å². The third kappa shape index (κ3) is 2.74. The van der Waals surface area contributed by atoms with E-state index in [1.807, 2.05) is 12.1 Å². The SMILES string of the molecule is NCc1ccc(O)c(CN2CCCCC2)c1. The first-order chi connectivity index (χ1) is 7.79. The van der Waals surface area contributed by atoms with Crippen LogP contribution < -0.4 is 5.73 Å². The Labute approximate surface area is 96.9 Å². The largest absolute Gasteiger partial charge is 0.508 e. The smallest absolute Gasteiger partial charge is 0.120 e. The zero-order valence-electron chi connectivity index (χ0n) is 9.65. The van der Waals surface area contributed by atoms with Crippen molar-refractivity contribution < 1.29 is 5.11 Å². The highest BCUT2D eigenvalue weighted by Gasteiger charge is 2.12. The number of phenols is 1. The lowest BCUT2D eigenvalue weighted by Gasteiger charge is -2.26. The number of aromatic hydroxyl groups is 1. The Kier molecular flexibility index (Phi) is 3.80. The summed E-state index contributed by atoms with van der Waals surface area (Å²) >= 11 is 0. The maximum Gasteiger partial charge on any atom is 0.120 e. The lowest BCUT2D eigenvalue weighted by Crippen LogP contribution is -2.29. The number of hydrogen-bond donors (Lipinski definition) is 2. The second kappa shape index (κ2) is 5.32. The van der Waals surface area contributed by atoms with Crippen LogP contribution in [0.15, 0.2) is 18.2 Å². The van der Waals surface area contributed by atoms with Gasteiger partial charge >= 0.3 is 0 Å². The molecule has 0 radical (unpaired) electrons. The molecule has 0 atom stereocenters. The molecule has 0 aromatic heterocycles. The first kappa shape index (κ1) is 11.4. The van der Waals surface area contributed by atoms with Crippen molar-refractivity contribution in [1.29, 1.82) is 0 Å². The van der Waals surface area contributed by atoms with Crippen molar-refractivity contribution >= 4 is 0 Å². The van der Waals surface area contributed by atoms with Crippen molar-refractivity contribution in [1.82, 2.24) is 4.90 Å². The number of hydrogen-bond acceptors (Lipinski definition) is 3. The Bertz CT molecular complexity index is 346. The summed E-state index contributed by atoms with van der Waals surface area (Å²) < 4.78 is 0. The lowest BCUT2D eigenvalue weighted by molar-refractivity contribution is 0.218. The van der Waals surface area contributed by atoms with Crippen molar-refractivity contribution in [3.05, 3.63) is 29.3 Å². The fourth-order valence-electron chi connectivity index (χ4n) is 2.25. The van der Waals surface area contributed by atoms with Gasteiger partial charge in [0.05, 0.1) is 0 Å². The van der Waals surface area contributed by atoms with Crippen LogP contribution >= 0.6 is 0 Å². The molecule has 1 aliphatic heterocycles. The molecule has 88 valence electrons. The van der Waals surface area contributed by atoms with Crippen molar-refractivity contribution in [3.8, 4) is 5.75 Å². The van der Waals surface area contributed by atoms with Gasteiger partial charge in [-0.2, -0.15) is 0 Å². The summed E-state index contributed by atoms with van der Waals surface area (Å²) in [5.41, 5.74) is 7.70. The van der Waals surface area contributed by atoms with Gasteiger partial charge in [-0.25, -0.2) is 0 Å². The molecule has 1 heterocycles. The van der Waals surface area contributed by atoms with Crippen molar-refractivity contribution in [2.45, 2.75) is 32.4 Å². The Hall–Kier alpha value is -1.06. The van der Waals surface area contributed by atoms with Gasteiger partial charge in [-0.05, 0) is 43.6 Å². The first-order valence-corrected chi connectivity index (χ1v) is 6.03. The summed E-state index contributed by atoms with van der Waals surface area (Å²) in [6, 6.07) is 5.65. The summed E-state index contributed by atoms with van der Waals surface area (Å²) in [7, 11) is 0. The molecule has 3 N–H and O–H groups in total. The topological polar surface area (TPSA) is 49.5 Å². The minimum Gasteiger partial charge on any atom is -0.508 e. The van der Waals surface area contributed by atoms with E-state index >= 15 is 0 Å². The van der Waals surface area contributed by atoms with E-state index in [1.54, 1.807) is 6.07 Å². The third-order valence-electron chi connectivity index (χ3n) is 3.22. The fourth-order valence-corrected chi connectivity index (χ4v) is 2.25. The van der Waals surface area contributed by atoms with Gasteiger partial charge < -0.3 is 10.8 Å². The average Bonchev–Trinajstić information content (AvgIpc) is 2.33. The Morgan fingerprint density at radius 1 is 1.19 bits per heavy atom. The molecule has 1 aromatic rings. The Morgan fingerprint density at radius 2 is 1.94 bits per heavy atom. The molecule has 1 fully saturated rings. The van der Waals surface area contributed by atoms with Crippen LogP contribution in [0.4, 0.5) is 0 Å². The molecule has 3 heteroatoms. The maximum absolute atomic E-state index is 9.79. The number of nitrogens with two attached hydrogens (primary N) is 1. The molecule has 0 bridgehead atoms. The monoisotopic (exact) mass is 220 g/mol. The molecule has 0 spiro atoms. The number of piperidine rings is 1. The second-order valence-electron chi connectivity index (χ2n) is 4.50. The molecular formula is C13H20N2O. The molecule has 2 rings (SSSR count). The van der Waals surface area contributed by atoms with E-state index in [0.717, 1.165) is 30.8 Å². The number of nitrogens with zero attached hydrogens (tertiary/aromatic N) is 1. The number of likely N-dealkylation sites (tertiary alicyclic amines) is 1. The van der Waals surface area contributed by atoms with Gasteiger partial charge in [-0.15, -0.1) is 0 Å². The van der Waals surface area contributed by atoms with Gasteiger partial charge in [-0.3, -0.25) is 4.90 Å². The summed E-state index contributed by atoms with van der Waals surface area (Å²) in [5, 5.41) is 9.79. The van der Waals surface area contributed by atoms with E-state index in [2.05, 4.69) is 4.90 Å². The highest BCUT2D eigenvalue weighted by molar-refractivity contribution is 5.36. The predicted molar refractivity (Wildman–Crippen MR) is 65.1 cm³/mol. The highest BCUT2D eigenvalue weighted by Crippen LogP contribution is 2.22. The van der Waals surface area contributed by atoms with Crippen LogP contribution in [0.1, 0.15) is 30.4 Å². The summed E-state index contributed by atoms with van der Waals surface area (Å²) in [6.45, 7) is 3.67. The quantitative estimate of drug-likeness (QED) is 0.817. The summed E-state index contributed by atoms with van der Waals surface area (Å²) in [5.74, 6) is 0.391. The molecule has 1 aromatic carbocycles. The van der Waals surface area contributed by atoms with Gasteiger partial charge in [0, 0.05) is 18.7 Å². The van der Waals surface area contributed by atoms with E-state index in [9.17, 15) is 5.11 Å². The number of benzene rings is 1. The van der Waals surface area contributed by atoms with Gasteiger partial charge in [0.1, 0.15) is 5.75 Å². The summed E-state index contributed by atoms with van der Waals surface area (Å²) in [6.07, 6.45) is 3.89. The van der Waals surface area contributed by atoms with Crippen LogP contribution in [0, 0.1) is 0 Å². The van der Waals surface area contributed by atoms with Crippen LogP contribution in [-0.2, 0) is 13.1 Å². The zero-order chi connectivity index (χ0) is 11.4. The fraction of sp³-hybridized carbons (Fsp3) is 0.538. The normalized spacial score (nSPS) is 17.6. The first-order valence-electron chi connectivity index (χ1n) is 6.03. The van der Waals surface area contributed by atoms with Crippen molar-refractivity contribution in [2.24, 2.45) is 5.73 Å². The van der Waals surface area contributed by atoms with Crippen LogP contribution in [0.3, 0.4) is 0 Å². The minimum atomic E-state index is 0.391. The zero-order valence-corrected chi connectivity index (χ0v) is 9.65. The molecule has 0 unspecified atom stereocenters. The Morgan fingerprint density at radius 3 is 2.62 bits per heavy atom. The number of rotatable bonds is 3. The van der Waals surface area contributed by atoms with Gasteiger partial charge in [0.15, 0.2) is 0 Å². The molecule has 0 saturated carbocycles.